The summed E-state index contributed by atoms with van der Waals surface area (Å²) in [6.45, 7) is 4.05. The molecule has 194 valence electrons. The Balaban J connectivity index is 1.25. The summed E-state index contributed by atoms with van der Waals surface area (Å²) in [5.41, 5.74) is 1.77. The zero-order chi connectivity index (χ0) is 25.1. The Morgan fingerprint density at radius 1 is 1.03 bits per heavy atom. The van der Waals surface area contributed by atoms with Gasteiger partial charge in [-0.05, 0) is 93.6 Å². The lowest BCUT2D eigenvalue weighted by atomic mass is 9.96. The predicted octanol–water partition coefficient (Wildman–Crippen LogP) is 5.07. The topological polar surface area (TPSA) is 65.0 Å². The molecule has 2 N–H and O–H groups in total. The molecule has 3 aliphatic rings. The number of aliphatic hydroxyl groups excluding tert-OH is 1. The summed E-state index contributed by atoms with van der Waals surface area (Å²) >= 11 is 12.5. The van der Waals surface area contributed by atoms with Gasteiger partial charge in [-0.2, -0.15) is 0 Å². The summed E-state index contributed by atoms with van der Waals surface area (Å²) in [5, 5.41) is 15.8. The molecule has 1 amide bonds. The summed E-state index contributed by atoms with van der Waals surface area (Å²) < 4.78 is 5.97. The highest BCUT2D eigenvalue weighted by atomic mass is 35.5. The molecule has 2 saturated heterocycles. The number of amides is 1. The van der Waals surface area contributed by atoms with Gasteiger partial charge >= 0.3 is 0 Å². The number of benzene rings is 2. The van der Waals surface area contributed by atoms with E-state index in [4.69, 9.17) is 27.9 Å². The van der Waals surface area contributed by atoms with Crippen LogP contribution in [0, 0.1) is 5.92 Å². The fraction of sp³-hybridized carbons (Fsp3) is 0.536. The molecule has 0 bridgehead atoms. The maximum atomic E-state index is 13.3. The van der Waals surface area contributed by atoms with Crippen LogP contribution in [-0.2, 0) is 4.79 Å². The number of hydrogen-bond acceptors (Lipinski definition) is 5. The quantitative estimate of drug-likeness (QED) is 0.473. The molecule has 2 aromatic carbocycles. The summed E-state index contributed by atoms with van der Waals surface area (Å²) in [4.78, 5) is 17.9. The molecule has 36 heavy (non-hydrogen) atoms. The molecule has 2 heterocycles. The van der Waals surface area contributed by atoms with E-state index >= 15 is 0 Å². The van der Waals surface area contributed by atoms with Crippen LogP contribution < -0.4 is 15.0 Å². The van der Waals surface area contributed by atoms with Crippen LogP contribution in [0.2, 0.25) is 10.0 Å². The van der Waals surface area contributed by atoms with E-state index in [9.17, 15) is 9.90 Å². The molecular formula is C28H35Cl2N3O3. The van der Waals surface area contributed by atoms with Crippen LogP contribution in [-0.4, -0.2) is 60.8 Å². The molecule has 6 nitrogen and oxygen atoms in total. The smallest absolute Gasteiger partial charge is 0.225 e. The minimum atomic E-state index is -0.862. The van der Waals surface area contributed by atoms with Crippen LogP contribution in [0.5, 0.6) is 5.75 Å². The second kappa shape index (κ2) is 11.6. The van der Waals surface area contributed by atoms with Crippen molar-refractivity contribution in [1.29, 1.82) is 0 Å². The van der Waals surface area contributed by atoms with E-state index < -0.39 is 12.1 Å². The Labute approximate surface area is 223 Å². The fourth-order valence-corrected chi connectivity index (χ4v) is 5.69. The fourth-order valence-electron chi connectivity index (χ4n) is 5.33. The second-order valence-corrected chi connectivity index (χ2v) is 11.2. The first-order valence-electron chi connectivity index (χ1n) is 13.1. The molecule has 0 radical (unpaired) electrons. The zero-order valence-corrected chi connectivity index (χ0v) is 22.1. The van der Waals surface area contributed by atoms with Gasteiger partial charge in [0.1, 0.15) is 11.9 Å². The molecule has 0 aromatic heterocycles. The van der Waals surface area contributed by atoms with Crippen LogP contribution in [0.4, 0.5) is 5.69 Å². The monoisotopic (exact) mass is 531 g/mol. The third-order valence-electron chi connectivity index (χ3n) is 7.76. The van der Waals surface area contributed by atoms with E-state index in [1.165, 1.54) is 6.42 Å². The van der Waals surface area contributed by atoms with Crippen molar-refractivity contribution in [3.8, 4) is 5.75 Å². The Kier molecular flexibility index (Phi) is 8.26. The summed E-state index contributed by atoms with van der Waals surface area (Å²) in [6, 6.07) is 12.8. The minimum absolute atomic E-state index is 0.00857. The van der Waals surface area contributed by atoms with Crippen molar-refractivity contribution in [2.24, 2.45) is 5.92 Å². The van der Waals surface area contributed by atoms with Crippen molar-refractivity contribution in [1.82, 2.24) is 10.2 Å². The maximum Gasteiger partial charge on any atom is 0.225 e. The molecule has 0 spiro atoms. The minimum Gasteiger partial charge on any atom is -0.489 e. The predicted molar refractivity (Wildman–Crippen MR) is 144 cm³/mol. The zero-order valence-electron chi connectivity index (χ0n) is 20.5. The number of carbonyl (C=O) groups is 1. The Hall–Kier alpha value is -1.99. The number of nitrogens with zero attached hydrogens (tertiary/aromatic N) is 2. The highest BCUT2D eigenvalue weighted by Crippen LogP contribution is 2.33. The molecule has 3 fully saturated rings. The van der Waals surface area contributed by atoms with Gasteiger partial charge in [0.25, 0.3) is 0 Å². The van der Waals surface area contributed by atoms with E-state index in [2.05, 4.69) is 15.1 Å². The van der Waals surface area contributed by atoms with E-state index in [1.54, 1.807) is 6.07 Å². The number of aliphatic hydroxyl groups is 1. The van der Waals surface area contributed by atoms with Gasteiger partial charge in [-0.25, -0.2) is 0 Å². The number of nitrogens with one attached hydrogen (secondary N) is 1. The Morgan fingerprint density at radius 2 is 1.78 bits per heavy atom. The lowest BCUT2D eigenvalue weighted by Crippen LogP contribution is -2.48. The van der Waals surface area contributed by atoms with Crippen LogP contribution in [0.25, 0.3) is 0 Å². The Morgan fingerprint density at radius 3 is 2.44 bits per heavy atom. The van der Waals surface area contributed by atoms with Gasteiger partial charge in [-0.15, -0.1) is 0 Å². The van der Waals surface area contributed by atoms with Gasteiger partial charge < -0.3 is 25.0 Å². The summed E-state index contributed by atoms with van der Waals surface area (Å²) in [5.74, 6) is 0.521. The summed E-state index contributed by atoms with van der Waals surface area (Å²) in [7, 11) is 0. The third-order valence-corrected chi connectivity index (χ3v) is 8.30. The molecule has 5 rings (SSSR count). The second-order valence-electron chi connectivity index (χ2n) is 10.3. The number of carbonyl (C=O) groups excluding carboxylic acids is 1. The number of likely N-dealkylation sites (tertiary alicyclic amines) is 1. The van der Waals surface area contributed by atoms with Crippen molar-refractivity contribution >= 4 is 34.8 Å². The third kappa shape index (κ3) is 6.10. The maximum absolute atomic E-state index is 13.3. The van der Waals surface area contributed by atoms with Gasteiger partial charge in [0.05, 0.1) is 23.1 Å². The van der Waals surface area contributed by atoms with Crippen molar-refractivity contribution in [3.05, 3.63) is 58.1 Å². The average Bonchev–Trinajstić information content (AvgIpc) is 3.54. The molecule has 2 aliphatic heterocycles. The lowest BCUT2D eigenvalue weighted by Gasteiger charge is -2.30. The van der Waals surface area contributed by atoms with E-state index in [0.717, 1.165) is 57.4 Å². The van der Waals surface area contributed by atoms with Gasteiger partial charge in [0.15, 0.2) is 0 Å². The number of hydrogen-bond donors (Lipinski definition) is 2. The van der Waals surface area contributed by atoms with Gasteiger partial charge in [0.2, 0.25) is 5.91 Å². The highest BCUT2D eigenvalue weighted by Gasteiger charge is 2.33. The van der Waals surface area contributed by atoms with Crippen LogP contribution >= 0.6 is 23.2 Å². The molecule has 1 saturated carbocycles. The highest BCUT2D eigenvalue weighted by molar-refractivity contribution is 6.32. The van der Waals surface area contributed by atoms with Crippen molar-refractivity contribution in [2.75, 3.05) is 37.6 Å². The first-order chi connectivity index (χ1) is 17.5. The van der Waals surface area contributed by atoms with Crippen molar-refractivity contribution < 1.29 is 14.6 Å². The SMILES string of the molecule is O=C(NC(CN1CCCC1)C(O)c1ccc(OC2CCC2)c(Cl)c1)[C@@H]1CCN(c2ccc(Cl)cc2)C1. The normalized spacial score (nSPS) is 22.3. The number of anilines is 1. The van der Waals surface area contributed by atoms with E-state index in [-0.39, 0.29) is 17.9 Å². The van der Waals surface area contributed by atoms with Crippen LogP contribution in [0.1, 0.15) is 50.2 Å². The lowest BCUT2D eigenvalue weighted by molar-refractivity contribution is -0.126. The van der Waals surface area contributed by atoms with Crippen LogP contribution in [0.15, 0.2) is 42.5 Å². The van der Waals surface area contributed by atoms with Gasteiger partial charge in [-0.3, -0.25) is 4.79 Å². The molecule has 2 unspecified atom stereocenters. The molecule has 8 heteroatoms. The van der Waals surface area contributed by atoms with E-state index in [1.807, 2.05) is 36.4 Å². The first-order valence-corrected chi connectivity index (χ1v) is 13.9. The average molecular weight is 533 g/mol. The van der Waals surface area contributed by atoms with Crippen molar-refractivity contribution in [3.63, 3.8) is 0 Å². The van der Waals surface area contributed by atoms with Crippen LogP contribution in [0.3, 0.4) is 0 Å². The number of ether oxygens (including phenoxy) is 1. The first kappa shape index (κ1) is 25.7. The molecular weight excluding hydrogens is 497 g/mol. The number of rotatable bonds is 9. The summed E-state index contributed by atoms with van der Waals surface area (Å²) in [6.07, 6.45) is 5.75. The Bertz CT molecular complexity index is 1040. The molecule has 1 aliphatic carbocycles. The van der Waals surface area contributed by atoms with Crippen molar-refractivity contribution in [2.45, 2.75) is 56.8 Å². The largest absolute Gasteiger partial charge is 0.489 e. The van der Waals surface area contributed by atoms with Gasteiger partial charge in [-0.1, -0.05) is 29.3 Å². The number of halogens is 2. The molecule has 2 aromatic rings. The standard InChI is InChI=1S/C28H35Cl2N3O3/c29-21-7-9-22(10-8-21)33-15-12-20(17-33)28(35)31-25(18-32-13-1-2-14-32)27(34)19-6-11-26(24(30)16-19)36-23-4-3-5-23/h6-11,16,20,23,25,27,34H,1-5,12-15,17-18H2,(H,31,35)/t20-,25?,27?/m1/s1. The van der Waals surface area contributed by atoms with Gasteiger partial charge in [0, 0.05) is 30.3 Å². The van der Waals surface area contributed by atoms with E-state index in [0.29, 0.717) is 34.4 Å². The molecule has 3 atom stereocenters.